The van der Waals surface area contributed by atoms with E-state index in [9.17, 15) is 14.7 Å². The molecular formula is C21H17ClN4O4. The van der Waals surface area contributed by atoms with E-state index < -0.39 is 11.5 Å². The third-order valence-corrected chi connectivity index (χ3v) is 5.09. The summed E-state index contributed by atoms with van der Waals surface area (Å²) in [7, 11) is 3.89. The lowest BCUT2D eigenvalue weighted by Gasteiger charge is -2.15. The highest BCUT2D eigenvalue weighted by atomic mass is 35.5. The normalized spacial score (nSPS) is 11.0. The maximum Gasteiger partial charge on any atom is 0.338 e. The molecule has 0 unspecified atom stereocenters. The lowest BCUT2D eigenvalue weighted by Crippen LogP contribution is -2.26. The number of pyridine rings is 1. The number of benzene rings is 2. The number of rotatable bonds is 4. The fourth-order valence-electron chi connectivity index (χ4n) is 3.22. The molecule has 0 fully saturated rings. The molecular weight excluding hydrogens is 408 g/mol. The highest BCUT2D eigenvalue weighted by molar-refractivity contribution is 6.34. The Labute approximate surface area is 175 Å². The SMILES string of the molecule is CN(C)c1ccc(-c2cc3c(O)cc(=O)n(-n4cc(C(=O)O)cn4)c3cc2Cl)cc1. The van der Waals surface area contributed by atoms with Gasteiger partial charge in [-0.3, -0.25) is 4.79 Å². The second-order valence-electron chi connectivity index (χ2n) is 6.92. The van der Waals surface area contributed by atoms with Crippen LogP contribution in [0.1, 0.15) is 10.4 Å². The maximum absolute atomic E-state index is 12.5. The Kier molecular flexibility index (Phi) is 4.71. The van der Waals surface area contributed by atoms with Crippen molar-refractivity contribution >= 4 is 34.2 Å². The van der Waals surface area contributed by atoms with Crippen molar-refractivity contribution in [2.45, 2.75) is 0 Å². The zero-order chi connectivity index (χ0) is 21.6. The highest BCUT2D eigenvalue weighted by Gasteiger charge is 2.16. The Morgan fingerprint density at radius 3 is 2.43 bits per heavy atom. The average Bonchev–Trinajstić information content (AvgIpc) is 3.18. The molecule has 0 spiro atoms. The van der Waals surface area contributed by atoms with Crippen molar-refractivity contribution in [2.24, 2.45) is 0 Å². The minimum Gasteiger partial charge on any atom is -0.507 e. The molecule has 4 rings (SSSR count). The van der Waals surface area contributed by atoms with Gasteiger partial charge < -0.3 is 15.1 Å². The van der Waals surface area contributed by atoms with Crippen molar-refractivity contribution in [2.75, 3.05) is 19.0 Å². The third-order valence-electron chi connectivity index (χ3n) is 4.77. The topological polar surface area (TPSA) is 101 Å². The van der Waals surface area contributed by atoms with Crippen molar-refractivity contribution in [3.8, 4) is 16.9 Å². The summed E-state index contributed by atoms with van der Waals surface area (Å²) >= 11 is 6.53. The van der Waals surface area contributed by atoms with Gasteiger partial charge in [-0.25, -0.2) is 4.79 Å². The van der Waals surface area contributed by atoms with Crippen LogP contribution in [0, 0.1) is 0 Å². The number of hydrogen-bond acceptors (Lipinski definition) is 5. The van der Waals surface area contributed by atoms with Gasteiger partial charge in [0.15, 0.2) is 0 Å². The van der Waals surface area contributed by atoms with Gasteiger partial charge in [-0.2, -0.15) is 14.6 Å². The van der Waals surface area contributed by atoms with Gasteiger partial charge in [-0.1, -0.05) is 23.7 Å². The Hall–Kier alpha value is -3.78. The first-order chi connectivity index (χ1) is 14.3. The zero-order valence-electron chi connectivity index (χ0n) is 16.1. The smallest absolute Gasteiger partial charge is 0.338 e. The minimum absolute atomic E-state index is 0.0770. The molecule has 0 saturated carbocycles. The molecule has 2 aromatic heterocycles. The molecule has 4 aromatic rings. The molecule has 2 aromatic carbocycles. The Morgan fingerprint density at radius 2 is 1.83 bits per heavy atom. The van der Waals surface area contributed by atoms with E-state index in [1.807, 2.05) is 43.3 Å². The van der Waals surface area contributed by atoms with E-state index in [-0.39, 0.29) is 11.3 Å². The summed E-state index contributed by atoms with van der Waals surface area (Å²) in [6, 6.07) is 12.0. The molecule has 8 nitrogen and oxygen atoms in total. The van der Waals surface area contributed by atoms with E-state index >= 15 is 0 Å². The van der Waals surface area contributed by atoms with Crippen molar-refractivity contribution in [1.82, 2.24) is 14.6 Å². The van der Waals surface area contributed by atoms with E-state index in [2.05, 4.69) is 5.10 Å². The van der Waals surface area contributed by atoms with Crippen LogP contribution in [0.4, 0.5) is 5.69 Å². The van der Waals surface area contributed by atoms with E-state index in [0.717, 1.165) is 33.0 Å². The number of anilines is 1. The highest BCUT2D eigenvalue weighted by Crippen LogP contribution is 2.35. The first-order valence-electron chi connectivity index (χ1n) is 8.91. The first kappa shape index (κ1) is 19.5. The van der Waals surface area contributed by atoms with Gasteiger partial charge in [0, 0.05) is 36.8 Å². The predicted octanol–water partition coefficient (Wildman–Crippen LogP) is 3.30. The standard InChI is InChI=1S/C21H17ClN4O4/c1-24(2)14-5-3-12(4-6-14)15-7-16-18(8-17(15)22)26(20(28)9-19(16)27)25-11-13(10-23-25)21(29)30/h3-11,27H,1-2H3,(H,29,30). The van der Waals surface area contributed by atoms with Gasteiger partial charge in [0.05, 0.1) is 28.5 Å². The number of aromatic hydroxyl groups is 1. The molecule has 0 aliphatic carbocycles. The second-order valence-corrected chi connectivity index (χ2v) is 7.33. The molecule has 0 bridgehead atoms. The Bertz CT molecular complexity index is 1340. The van der Waals surface area contributed by atoms with Crippen molar-refractivity contribution in [3.63, 3.8) is 0 Å². The van der Waals surface area contributed by atoms with Gasteiger partial charge in [0.25, 0.3) is 5.56 Å². The van der Waals surface area contributed by atoms with Crippen molar-refractivity contribution in [3.05, 3.63) is 75.8 Å². The molecule has 30 heavy (non-hydrogen) atoms. The van der Waals surface area contributed by atoms with Crippen LogP contribution in [-0.4, -0.2) is 44.8 Å². The zero-order valence-corrected chi connectivity index (χ0v) is 16.8. The van der Waals surface area contributed by atoms with Crippen LogP contribution in [0.2, 0.25) is 5.02 Å². The number of hydrogen-bond donors (Lipinski definition) is 2. The van der Waals surface area contributed by atoms with E-state index in [0.29, 0.717) is 21.5 Å². The van der Waals surface area contributed by atoms with Gasteiger partial charge in [-0.05, 0) is 29.8 Å². The summed E-state index contributed by atoms with van der Waals surface area (Å²) in [5.41, 5.74) is 2.18. The first-order valence-corrected chi connectivity index (χ1v) is 9.28. The van der Waals surface area contributed by atoms with Crippen LogP contribution in [0.25, 0.3) is 22.0 Å². The van der Waals surface area contributed by atoms with Crippen LogP contribution in [0.3, 0.4) is 0 Å². The fraction of sp³-hybridized carbons (Fsp3) is 0.0952. The summed E-state index contributed by atoms with van der Waals surface area (Å²) in [6.45, 7) is 0. The molecule has 0 atom stereocenters. The summed E-state index contributed by atoms with van der Waals surface area (Å²) in [6.07, 6.45) is 2.34. The van der Waals surface area contributed by atoms with E-state index in [1.165, 1.54) is 6.20 Å². The minimum atomic E-state index is -1.17. The number of nitrogens with zero attached hydrogens (tertiary/aromatic N) is 4. The predicted molar refractivity (Wildman–Crippen MR) is 115 cm³/mol. The van der Waals surface area contributed by atoms with Crippen molar-refractivity contribution < 1.29 is 15.0 Å². The number of carboxylic acid groups (broad SMARTS) is 1. The molecule has 0 aliphatic heterocycles. The number of aromatic nitrogens is 3. The molecule has 152 valence electrons. The van der Waals surface area contributed by atoms with Crippen LogP contribution < -0.4 is 10.5 Å². The van der Waals surface area contributed by atoms with E-state index in [4.69, 9.17) is 16.7 Å². The van der Waals surface area contributed by atoms with Crippen LogP contribution in [-0.2, 0) is 0 Å². The maximum atomic E-state index is 12.5. The van der Waals surface area contributed by atoms with Crippen molar-refractivity contribution in [1.29, 1.82) is 0 Å². The quantitative estimate of drug-likeness (QED) is 0.521. The third kappa shape index (κ3) is 3.27. The fourth-order valence-corrected chi connectivity index (χ4v) is 3.49. The molecule has 2 N–H and O–H groups in total. The number of carboxylic acids is 1. The van der Waals surface area contributed by atoms with E-state index in [1.54, 1.807) is 12.1 Å². The number of halogens is 1. The second kappa shape index (κ2) is 7.23. The van der Waals surface area contributed by atoms with Gasteiger partial charge in [0.2, 0.25) is 0 Å². The van der Waals surface area contributed by atoms with Crippen LogP contribution in [0.15, 0.2) is 59.7 Å². The lowest BCUT2D eigenvalue weighted by atomic mass is 10.0. The summed E-state index contributed by atoms with van der Waals surface area (Å²) in [5, 5.41) is 24.2. The Balaban J connectivity index is 1.93. The number of carbonyl (C=O) groups is 1. The largest absolute Gasteiger partial charge is 0.507 e. The van der Waals surface area contributed by atoms with Gasteiger partial charge in [0.1, 0.15) is 5.75 Å². The molecule has 9 heteroatoms. The molecule has 0 aliphatic rings. The monoisotopic (exact) mass is 424 g/mol. The number of aromatic carboxylic acids is 1. The lowest BCUT2D eigenvalue weighted by molar-refractivity contribution is 0.0696. The van der Waals surface area contributed by atoms with Crippen LogP contribution >= 0.6 is 11.6 Å². The Morgan fingerprint density at radius 1 is 1.13 bits per heavy atom. The average molecular weight is 425 g/mol. The summed E-state index contributed by atoms with van der Waals surface area (Å²) in [4.78, 5) is 26.8. The molecule has 0 radical (unpaired) electrons. The summed E-state index contributed by atoms with van der Waals surface area (Å²) < 4.78 is 1.15. The van der Waals surface area contributed by atoms with Gasteiger partial charge >= 0.3 is 5.97 Å². The van der Waals surface area contributed by atoms with Crippen LogP contribution in [0.5, 0.6) is 5.75 Å². The molecule has 2 heterocycles. The van der Waals surface area contributed by atoms with Gasteiger partial charge in [-0.15, -0.1) is 0 Å². The molecule has 0 amide bonds. The number of fused-ring (bicyclic) bond motifs is 1. The molecule has 0 saturated heterocycles. The summed E-state index contributed by atoms with van der Waals surface area (Å²) in [5.74, 6) is -1.38.